The second-order valence-corrected chi connectivity index (χ2v) is 10.6. The highest BCUT2D eigenvalue weighted by Crippen LogP contribution is 2.26. The van der Waals surface area contributed by atoms with Crippen LogP contribution >= 0.6 is 22.9 Å². The minimum Gasteiger partial charge on any atom is -0.332 e. The Morgan fingerprint density at radius 3 is 2.39 bits per heavy atom. The van der Waals surface area contributed by atoms with E-state index in [-0.39, 0.29) is 34.6 Å². The molecule has 0 fully saturated rings. The molecule has 7 nitrogen and oxygen atoms in total. The molecule has 0 aliphatic heterocycles. The van der Waals surface area contributed by atoms with Gasteiger partial charge in [-0.05, 0) is 42.7 Å². The van der Waals surface area contributed by atoms with Gasteiger partial charge in [-0.3, -0.25) is 19.7 Å². The van der Waals surface area contributed by atoms with Crippen molar-refractivity contribution < 1.29 is 14.5 Å². The molecule has 1 atom stereocenters. The van der Waals surface area contributed by atoms with Gasteiger partial charge in [0.15, 0.2) is 0 Å². The zero-order chi connectivity index (χ0) is 26.2. The number of aryl methyl sites for hydroxylation is 1. The molecule has 0 radical (unpaired) electrons. The van der Waals surface area contributed by atoms with Crippen molar-refractivity contribution in [2.45, 2.75) is 40.3 Å². The first-order valence-electron chi connectivity index (χ1n) is 11.8. The standard InChI is InChI=1S/C27H30ClN3O4S/c1-4-19(2)15-30(27(33)22-11-13-24(28)25(14-22)31(34)35)18-26(32)29(16-21-8-6-5-7-9-21)17-23-12-10-20(3)36-23/h5-14,19H,4,15-18H2,1-3H3. The van der Waals surface area contributed by atoms with Crippen LogP contribution in [0.4, 0.5) is 5.69 Å². The number of hydrogen-bond acceptors (Lipinski definition) is 5. The SMILES string of the molecule is CCC(C)CN(CC(=O)N(Cc1ccccc1)Cc1ccc(C)s1)C(=O)c1ccc(Cl)c([N+](=O)[O-])c1. The molecule has 2 aromatic carbocycles. The summed E-state index contributed by atoms with van der Waals surface area (Å²) in [6.45, 7) is 7.12. The number of halogens is 1. The van der Waals surface area contributed by atoms with Crippen LogP contribution in [0.5, 0.6) is 0 Å². The van der Waals surface area contributed by atoms with Crippen molar-refractivity contribution in [3.05, 3.63) is 96.7 Å². The predicted molar refractivity (Wildman–Crippen MR) is 143 cm³/mol. The van der Waals surface area contributed by atoms with E-state index in [1.54, 1.807) is 16.2 Å². The molecule has 190 valence electrons. The zero-order valence-electron chi connectivity index (χ0n) is 20.6. The summed E-state index contributed by atoms with van der Waals surface area (Å²) >= 11 is 7.57. The quantitative estimate of drug-likeness (QED) is 0.215. The molecule has 0 saturated carbocycles. The van der Waals surface area contributed by atoms with Crippen LogP contribution in [0.2, 0.25) is 5.02 Å². The molecule has 0 aliphatic rings. The highest BCUT2D eigenvalue weighted by atomic mass is 35.5. The van der Waals surface area contributed by atoms with Crippen LogP contribution in [0.15, 0.2) is 60.7 Å². The van der Waals surface area contributed by atoms with Crippen molar-refractivity contribution in [2.75, 3.05) is 13.1 Å². The van der Waals surface area contributed by atoms with Gasteiger partial charge in [0.05, 0.1) is 11.5 Å². The molecule has 1 aromatic heterocycles. The molecule has 0 N–H and O–H groups in total. The monoisotopic (exact) mass is 527 g/mol. The zero-order valence-corrected chi connectivity index (χ0v) is 22.2. The fourth-order valence-corrected chi connectivity index (χ4v) is 4.84. The molecule has 3 rings (SSSR count). The van der Waals surface area contributed by atoms with Crippen LogP contribution in [0.3, 0.4) is 0 Å². The van der Waals surface area contributed by atoms with E-state index in [2.05, 4.69) is 0 Å². The lowest BCUT2D eigenvalue weighted by Gasteiger charge is -2.29. The van der Waals surface area contributed by atoms with Crippen LogP contribution in [-0.4, -0.2) is 39.6 Å². The molecule has 0 saturated heterocycles. The third-order valence-corrected chi connectivity index (χ3v) is 7.25. The number of nitrogens with zero attached hydrogens (tertiary/aromatic N) is 3. The number of benzene rings is 2. The van der Waals surface area contributed by atoms with Crippen LogP contribution in [0.1, 0.15) is 45.9 Å². The smallest absolute Gasteiger partial charge is 0.288 e. The maximum Gasteiger partial charge on any atom is 0.288 e. The van der Waals surface area contributed by atoms with Gasteiger partial charge in [-0.25, -0.2) is 0 Å². The predicted octanol–water partition coefficient (Wildman–Crippen LogP) is 6.34. The summed E-state index contributed by atoms with van der Waals surface area (Å²) in [4.78, 5) is 43.3. The van der Waals surface area contributed by atoms with Crippen molar-refractivity contribution in [3.63, 3.8) is 0 Å². The summed E-state index contributed by atoms with van der Waals surface area (Å²) in [6, 6.07) is 17.7. The van der Waals surface area contributed by atoms with Crippen molar-refractivity contribution >= 4 is 40.4 Å². The molecule has 9 heteroatoms. The van der Waals surface area contributed by atoms with Crippen LogP contribution in [0.25, 0.3) is 0 Å². The van der Waals surface area contributed by atoms with Crippen molar-refractivity contribution in [3.8, 4) is 0 Å². The fourth-order valence-electron chi connectivity index (χ4n) is 3.75. The highest BCUT2D eigenvalue weighted by molar-refractivity contribution is 7.11. The topological polar surface area (TPSA) is 83.8 Å². The molecule has 1 unspecified atom stereocenters. The average Bonchev–Trinajstić information content (AvgIpc) is 3.27. The molecular formula is C27H30ClN3O4S. The summed E-state index contributed by atoms with van der Waals surface area (Å²) in [7, 11) is 0. The van der Waals surface area contributed by atoms with Gasteiger partial charge < -0.3 is 9.80 Å². The molecule has 36 heavy (non-hydrogen) atoms. The summed E-state index contributed by atoms with van der Waals surface area (Å²) in [5.41, 5.74) is 0.786. The molecule has 3 aromatic rings. The number of nitro benzene ring substituents is 1. The first-order valence-corrected chi connectivity index (χ1v) is 13.0. The second-order valence-electron chi connectivity index (χ2n) is 8.87. The van der Waals surface area contributed by atoms with E-state index in [4.69, 9.17) is 11.6 Å². The van der Waals surface area contributed by atoms with Crippen molar-refractivity contribution in [1.29, 1.82) is 0 Å². The number of amides is 2. The maximum atomic E-state index is 13.6. The van der Waals surface area contributed by atoms with E-state index in [1.165, 1.54) is 23.1 Å². The fraction of sp³-hybridized carbons (Fsp3) is 0.333. The van der Waals surface area contributed by atoms with Gasteiger partial charge in [0, 0.05) is 34.5 Å². The summed E-state index contributed by atoms with van der Waals surface area (Å²) in [5.74, 6) is -0.480. The summed E-state index contributed by atoms with van der Waals surface area (Å²) in [5, 5.41) is 11.3. The molecule has 0 bridgehead atoms. The Hall–Kier alpha value is -3.23. The van der Waals surface area contributed by atoms with Crippen LogP contribution in [0, 0.1) is 23.0 Å². The number of nitro groups is 1. The number of carbonyl (C=O) groups is 2. The Labute approximate surface area is 220 Å². The Balaban J connectivity index is 1.88. The van der Waals surface area contributed by atoms with E-state index in [9.17, 15) is 19.7 Å². The van der Waals surface area contributed by atoms with Gasteiger partial charge in [-0.15, -0.1) is 11.3 Å². The number of hydrogen-bond donors (Lipinski definition) is 0. The van der Waals surface area contributed by atoms with Gasteiger partial charge in [-0.1, -0.05) is 62.2 Å². The van der Waals surface area contributed by atoms with Crippen LogP contribution < -0.4 is 0 Å². The third-order valence-electron chi connectivity index (χ3n) is 5.94. The van der Waals surface area contributed by atoms with Gasteiger partial charge in [-0.2, -0.15) is 0 Å². The van der Waals surface area contributed by atoms with E-state index in [0.29, 0.717) is 19.6 Å². The van der Waals surface area contributed by atoms with Gasteiger partial charge in [0.2, 0.25) is 5.91 Å². The highest BCUT2D eigenvalue weighted by Gasteiger charge is 2.26. The average molecular weight is 528 g/mol. The van der Waals surface area contributed by atoms with E-state index in [1.807, 2.05) is 63.2 Å². The molecular weight excluding hydrogens is 498 g/mol. The maximum absolute atomic E-state index is 13.6. The van der Waals surface area contributed by atoms with Gasteiger partial charge in [0.25, 0.3) is 11.6 Å². The van der Waals surface area contributed by atoms with Crippen molar-refractivity contribution in [1.82, 2.24) is 9.80 Å². The third kappa shape index (κ3) is 7.38. The Morgan fingerprint density at radius 2 is 1.78 bits per heavy atom. The number of rotatable bonds is 11. The number of thiophene rings is 1. The van der Waals surface area contributed by atoms with Gasteiger partial charge in [0.1, 0.15) is 11.6 Å². The first kappa shape index (κ1) is 27.4. The van der Waals surface area contributed by atoms with Crippen molar-refractivity contribution in [2.24, 2.45) is 5.92 Å². The first-order chi connectivity index (χ1) is 17.2. The Bertz CT molecular complexity index is 1210. The normalized spacial score (nSPS) is 11.7. The summed E-state index contributed by atoms with van der Waals surface area (Å²) in [6.07, 6.45) is 0.820. The molecule has 0 spiro atoms. The van der Waals surface area contributed by atoms with E-state index < -0.39 is 10.8 Å². The van der Waals surface area contributed by atoms with E-state index in [0.717, 1.165) is 21.7 Å². The van der Waals surface area contributed by atoms with Gasteiger partial charge >= 0.3 is 0 Å². The Kier molecular flexibility index (Phi) is 9.61. The summed E-state index contributed by atoms with van der Waals surface area (Å²) < 4.78 is 0. The lowest BCUT2D eigenvalue weighted by molar-refractivity contribution is -0.384. The molecule has 1 heterocycles. The lowest BCUT2D eigenvalue weighted by atomic mass is 10.1. The number of carbonyl (C=O) groups excluding carboxylic acids is 2. The lowest BCUT2D eigenvalue weighted by Crippen LogP contribution is -2.44. The second kappa shape index (κ2) is 12.6. The minimum atomic E-state index is -0.617. The Morgan fingerprint density at radius 1 is 1.06 bits per heavy atom. The van der Waals surface area contributed by atoms with Crippen LogP contribution in [-0.2, 0) is 17.9 Å². The molecule has 2 amide bonds. The molecule has 0 aliphatic carbocycles. The largest absolute Gasteiger partial charge is 0.332 e. The van der Waals surface area contributed by atoms with E-state index >= 15 is 0 Å². The minimum absolute atomic E-state index is 0.0404.